The van der Waals surface area contributed by atoms with Gasteiger partial charge in [-0.3, -0.25) is 4.99 Å². The normalized spacial score (nSPS) is 12.3. The third-order valence-electron chi connectivity index (χ3n) is 4.12. The van der Waals surface area contributed by atoms with Crippen LogP contribution in [-0.4, -0.2) is 26.4 Å². The largest absolute Gasteiger partial charge is 0.494 e. The molecule has 2 N–H and O–H groups in total. The molecule has 27 heavy (non-hydrogen) atoms. The molecule has 0 saturated heterocycles. The van der Waals surface area contributed by atoms with E-state index in [4.69, 9.17) is 14.2 Å². The molecule has 0 unspecified atom stereocenters. The summed E-state index contributed by atoms with van der Waals surface area (Å²) in [5.74, 6) is 3.26. The Bertz CT molecular complexity index is 796. The first-order chi connectivity index (χ1) is 12.7. The molecule has 2 aromatic rings. The van der Waals surface area contributed by atoms with E-state index in [1.165, 1.54) is 5.56 Å². The zero-order valence-electron chi connectivity index (χ0n) is 15.9. The summed E-state index contributed by atoms with van der Waals surface area (Å²) in [4.78, 5) is 4.27. The second kappa shape index (κ2) is 10.2. The number of hydrogen-bond acceptors (Lipinski definition) is 4. The van der Waals surface area contributed by atoms with Crippen molar-refractivity contribution in [3.63, 3.8) is 0 Å². The Morgan fingerprint density at radius 2 is 1.70 bits per heavy atom. The van der Waals surface area contributed by atoms with E-state index in [9.17, 15) is 0 Å². The molecule has 0 aliphatic carbocycles. The highest BCUT2D eigenvalue weighted by atomic mass is 127. The first-order valence-electron chi connectivity index (χ1n) is 8.75. The van der Waals surface area contributed by atoms with E-state index in [-0.39, 0.29) is 30.8 Å². The number of guanidine groups is 1. The van der Waals surface area contributed by atoms with Crippen LogP contribution < -0.4 is 24.8 Å². The van der Waals surface area contributed by atoms with Gasteiger partial charge in [0.05, 0.1) is 6.61 Å². The quantitative estimate of drug-likeness (QED) is 0.374. The lowest BCUT2D eigenvalue weighted by atomic mass is 10.1. The van der Waals surface area contributed by atoms with Gasteiger partial charge in [0.1, 0.15) is 5.75 Å². The standard InChI is InChI=1S/C20H25N3O3.HI/c1-4-24-17-7-5-15(9-14(17)2)11-22-20(21-3)23-12-16-6-8-18-19(10-16)26-13-25-18;/h5-10H,4,11-13H2,1-3H3,(H2,21,22,23);1H. The zero-order valence-corrected chi connectivity index (χ0v) is 18.2. The van der Waals surface area contributed by atoms with E-state index in [0.29, 0.717) is 19.7 Å². The molecule has 0 bridgehead atoms. The van der Waals surface area contributed by atoms with Crippen molar-refractivity contribution in [2.24, 2.45) is 4.99 Å². The second-order valence-corrected chi connectivity index (χ2v) is 6.00. The van der Waals surface area contributed by atoms with Gasteiger partial charge in [0.25, 0.3) is 0 Å². The molecule has 0 radical (unpaired) electrons. The predicted molar refractivity (Wildman–Crippen MR) is 117 cm³/mol. The van der Waals surface area contributed by atoms with Crippen molar-refractivity contribution in [3.05, 3.63) is 53.1 Å². The van der Waals surface area contributed by atoms with E-state index >= 15 is 0 Å². The number of ether oxygens (including phenoxy) is 3. The predicted octanol–water partition coefficient (Wildman–Crippen LogP) is 3.61. The van der Waals surface area contributed by atoms with Crippen LogP contribution in [0.25, 0.3) is 0 Å². The Kier molecular flexibility index (Phi) is 8.02. The lowest BCUT2D eigenvalue weighted by molar-refractivity contribution is 0.174. The fourth-order valence-corrected chi connectivity index (χ4v) is 2.78. The summed E-state index contributed by atoms with van der Waals surface area (Å²) >= 11 is 0. The summed E-state index contributed by atoms with van der Waals surface area (Å²) < 4.78 is 16.3. The van der Waals surface area contributed by atoms with Gasteiger partial charge in [-0.2, -0.15) is 0 Å². The first kappa shape index (κ1) is 21.1. The Balaban J connectivity index is 0.00000261. The number of halogens is 1. The smallest absolute Gasteiger partial charge is 0.231 e. The van der Waals surface area contributed by atoms with Crippen LogP contribution in [0.5, 0.6) is 17.2 Å². The Hall–Kier alpha value is -2.16. The van der Waals surface area contributed by atoms with Crippen molar-refractivity contribution in [2.45, 2.75) is 26.9 Å². The van der Waals surface area contributed by atoms with E-state index in [1.54, 1.807) is 7.05 Å². The molecule has 1 heterocycles. The van der Waals surface area contributed by atoms with Gasteiger partial charge >= 0.3 is 0 Å². The number of nitrogens with zero attached hydrogens (tertiary/aromatic N) is 1. The van der Waals surface area contributed by atoms with Gasteiger partial charge in [-0.05, 0) is 48.7 Å². The Labute approximate surface area is 177 Å². The lowest BCUT2D eigenvalue weighted by Gasteiger charge is -2.13. The van der Waals surface area contributed by atoms with Crippen molar-refractivity contribution >= 4 is 29.9 Å². The molecule has 1 aliphatic rings. The first-order valence-corrected chi connectivity index (χ1v) is 8.75. The van der Waals surface area contributed by atoms with Crippen LogP contribution in [0, 0.1) is 6.92 Å². The van der Waals surface area contributed by atoms with Crippen LogP contribution in [0.4, 0.5) is 0 Å². The number of aliphatic imine (C=N–C) groups is 1. The molecule has 6 nitrogen and oxygen atoms in total. The Morgan fingerprint density at radius 1 is 1.04 bits per heavy atom. The molecule has 7 heteroatoms. The molecule has 0 amide bonds. The van der Waals surface area contributed by atoms with Gasteiger partial charge < -0.3 is 24.8 Å². The molecule has 2 aromatic carbocycles. The second-order valence-electron chi connectivity index (χ2n) is 6.00. The monoisotopic (exact) mass is 483 g/mol. The van der Waals surface area contributed by atoms with Gasteiger partial charge in [0.15, 0.2) is 17.5 Å². The van der Waals surface area contributed by atoms with Crippen molar-refractivity contribution in [3.8, 4) is 17.2 Å². The zero-order chi connectivity index (χ0) is 18.4. The highest BCUT2D eigenvalue weighted by Gasteiger charge is 2.13. The summed E-state index contributed by atoms with van der Waals surface area (Å²) in [6.07, 6.45) is 0. The number of hydrogen-bond donors (Lipinski definition) is 2. The summed E-state index contributed by atoms with van der Waals surface area (Å²) in [6, 6.07) is 12.1. The topological polar surface area (TPSA) is 64.1 Å². The fourth-order valence-electron chi connectivity index (χ4n) is 2.78. The van der Waals surface area contributed by atoms with Crippen LogP contribution in [0.1, 0.15) is 23.6 Å². The molecule has 146 valence electrons. The van der Waals surface area contributed by atoms with Gasteiger partial charge in [-0.15, -0.1) is 24.0 Å². The average molecular weight is 483 g/mol. The maximum absolute atomic E-state index is 5.58. The number of benzene rings is 2. The molecule has 1 aliphatic heterocycles. The summed E-state index contributed by atoms with van der Waals surface area (Å²) in [5.41, 5.74) is 3.42. The highest BCUT2D eigenvalue weighted by molar-refractivity contribution is 14.0. The van der Waals surface area contributed by atoms with Crippen molar-refractivity contribution in [1.82, 2.24) is 10.6 Å². The molecule has 0 aromatic heterocycles. The molecular formula is C20H26IN3O3. The third-order valence-corrected chi connectivity index (χ3v) is 4.12. The van der Waals surface area contributed by atoms with E-state index < -0.39 is 0 Å². The number of aryl methyl sites for hydroxylation is 1. The molecular weight excluding hydrogens is 457 g/mol. The highest BCUT2D eigenvalue weighted by Crippen LogP contribution is 2.32. The maximum atomic E-state index is 5.58. The summed E-state index contributed by atoms with van der Waals surface area (Å²) in [6.45, 7) is 6.35. The van der Waals surface area contributed by atoms with Crippen LogP contribution in [-0.2, 0) is 13.1 Å². The molecule has 0 fully saturated rings. The fraction of sp³-hybridized carbons (Fsp3) is 0.350. The average Bonchev–Trinajstić information content (AvgIpc) is 3.12. The third kappa shape index (κ3) is 5.66. The minimum Gasteiger partial charge on any atom is -0.494 e. The minimum atomic E-state index is 0. The minimum absolute atomic E-state index is 0. The van der Waals surface area contributed by atoms with Crippen LogP contribution in [0.3, 0.4) is 0 Å². The van der Waals surface area contributed by atoms with E-state index in [1.807, 2.05) is 31.2 Å². The van der Waals surface area contributed by atoms with Gasteiger partial charge in [0.2, 0.25) is 6.79 Å². The van der Waals surface area contributed by atoms with Crippen molar-refractivity contribution in [2.75, 3.05) is 20.4 Å². The van der Waals surface area contributed by atoms with Crippen molar-refractivity contribution in [1.29, 1.82) is 0 Å². The van der Waals surface area contributed by atoms with E-state index in [0.717, 1.165) is 34.3 Å². The summed E-state index contributed by atoms with van der Waals surface area (Å²) in [5, 5.41) is 6.64. The number of nitrogens with one attached hydrogen (secondary N) is 2. The Morgan fingerprint density at radius 3 is 2.37 bits per heavy atom. The SMILES string of the molecule is CCOc1ccc(CNC(=NC)NCc2ccc3c(c2)OCO3)cc1C.I. The molecule has 0 saturated carbocycles. The van der Waals surface area contributed by atoms with Crippen LogP contribution in [0.15, 0.2) is 41.4 Å². The van der Waals surface area contributed by atoms with Gasteiger partial charge in [-0.1, -0.05) is 18.2 Å². The van der Waals surface area contributed by atoms with E-state index in [2.05, 4.69) is 34.7 Å². The van der Waals surface area contributed by atoms with Crippen LogP contribution in [0.2, 0.25) is 0 Å². The number of fused-ring (bicyclic) bond motifs is 1. The van der Waals surface area contributed by atoms with Gasteiger partial charge in [0, 0.05) is 20.1 Å². The number of rotatable bonds is 6. The molecule has 0 spiro atoms. The van der Waals surface area contributed by atoms with Gasteiger partial charge in [-0.25, -0.2) is 0 Å². The van der Waals surface area contributed by atoms with Crippen LogP contribution >= 0.6 is 24.0 Å². The maximum Gasteiger partial charge on any atom is 0.231 e. The van der Waals surface area contributed by atoms with Crippen molar-refractivity contribution < 1.29 is 14.2 Å². The lowest BCUT2D eigenvalue weighted by Crippen LogP contribution is -2.36. The molecule has 3 rings (SSSR count). The molecule has 0 atom stereocenters. The summed E-state index contributed by atoms with van der Waals surface area (Å²) in [7, 11) is 1.76.